The number of aromatic hydroxyl groups is 1. The summed E-state index contributed by atoms with van der Waals surface area (Å²) in [4.78, 5) is 25.4. The van der Waals surface area contributed by atoms with Crippen LogP contribution in [0.4, 0.5) is 4.39 Å². The van der Waals surface area contributed by atoms with Crippen LogP contribution in [-0.4, -0.2) is 26.7 Å². The van der Waals surface area contributed by atoms with E-state index in [0.29, 0.717) is 12.1 Å². The normalized spacial score (nSPS) is 13.4. The Morgan fingerprint density at radius 2 is 1.83 bits per heavy atom. The largest absolute Gasteiger partial charge is 0.505 e. The van der Waals surface area contributed by atoms with Crippen LogP contribution in [0.2, 0.25) is 10.0 Å². The topological polar surface area (TPSA) is 79.5 Å². The number of aromatic nitrogens is 1. The lowest BCUT2D eigenvalue weighted by atomic mass is 9.84. The molecular formula is C22H20Cl2FNO4. The Kier molecular flexibility index (Phi) is 6.11. The summed E-state index contributed by atoms with van der Waals surface area (Å²) in [5.41, 5.74) is 0.843. The number of fused-ring (bicyclic) bond motifs is 1. The minimum atomic E-state index is -1.13. The summed E-state index contributed by atoms with van der Waals surface area (Å²) in [6, 6.07) is 6.90. The Morgan fingerprint density at radius 1 is 1.17 bits per heavy atom. The number of carbonyl (C=O) groups is 2. The van der Waals surface area contributed by atoms with Crippen LogP contribution >= 0.6 is 23.2 Å². The van der Waals surface area contributed by atoms with Crippen molar-refractivity contribution >= 4 is 46.0 Å². The van der Waals surface area contributed by atoms with E-state index >= 15 is 4.39 Å². The first-order valence-electron chi connectivity index (χ1n) is 9.35. The number of hydrogen-bond acceptors (Lipinski definition) is 3. The van der Waals surface area contributed by atoms with E-state index in [1.807, 2.05) is 6.92 Å². The van der Waals surface area contributed by atoms with Crippen LogP contribution in [0, 0.1) is 18.7 Å². The maximum absolute atomic E-state index is 15.0. The van der Waals surface area contributed by atoms with Gasteiger partial charge >= 0.3 is 5.97 Å². The van der Waals surface area contributed by atoms with Crippen molar-refractivity contribution in [3.8, 4) is 5.75 Å². The highest BCUT2D eigenvalue weighted by atomic mass is 35.5. The van der Waals surface area contributed by atoms with Gasteiger partial charge < -0.3 is 10.2 Å². The maximum atomic E-state index is 15.0. The van der Waals surface area contributed by atoms with E-state index in [9.17, 15) is 19.8 Å². The summed E-state index contributed by atoms with van der Waals surface area (Å²) in [7, 11) is 0. The van der Waals surface area contributed by atoms with Crippen molar-refractivity contribution in [2.45, 2.75) is 33.1 Å². The Balaban J connectivity index is 2.38. The van der Waals surface area contributed by atoms with Gasteiger partial charge in [0, 0.05) is 16.6 Å². The molecule has 2 N–H and O–H groups in total. The predicted molar refractivity (Wildman–Crippen MR) is 114 cm³/mol. The molecule has 0 aliphatic heterocycles. The number of halogens is 3. The Labute approximate surface area is 182 Å². The fraction of sp³-hybridized carbons (Fsp3) is 0.273. The molecule has 0 aliphatic carbocycles. The number of carboxylic acids is 1. The molecule has 3 aromatic rings. The van der Waals surface area contributed by atoms with Crippen LogP contribution < -0.4 is 0 Å². The lowest BCUT2D eigenvalue weighted by Gasteiger charge is -2.20. The highest BCUT2D eigenvalue weighted by molar-refractivity contribution is 6.42. The number of aliphatic carboxylic acids is 1. The summed E-state index contributed by atoms with van der Waals surface area (Å²) in [6.07, 6.45) is 0.532. The summed E-state index contributed by atoms with van der Waals surface area (Å²) in [5.74, 6) is -4.60. The SMILES string of the molecule is CCC(C)[C@H](C(=O)O)c1c(C)n(C(=O)c2ccc(Cl)c(Cl)c2)c2ccc(O)c(F)c12. The highest BCUT2D eigenvalue weighted by Gasteiger charge is 2.34. The smallest absolute Gasteiger partial charge is 0.311 e. The van der Waals surface area contributed by atoms with Gasteiger partial charge in [0.2, 0.25) is 0 Å². The van der Waals surface area contributed by atoms with Crippen molar-refractivity contribution in [3.05, 3.63) is 63.0 Å². The molecular weight excluding hydrogens is 432 g/mol. The molecule has 3 rings (SSSR count). The molecule has 1 heterocycles. The lowest BCUT2D eigenvalue weighted by Crippen LogP contribution is -2.21. The van der Waals surface area contributed by atoms with E-state index < -0.39 is 29.4 Å². The van der Waals surface area contributed by atoms with Gasteiger partial charge in [-0.15, -0.1) is 0 Å². The zero-order chi connectivity index (χ0) is 22.3. The van der Waals surface area contributed by atoms with Crippen LogP contribution in [-0.2, 0) is 4.79 Å². The number of phenolic OH excluding ortho intramolecular Hbond substituents is 1. The second kappa shape index (κ2) is 8.28. The zero-order valence-electron chi connectivity index (χ0n) is 16.5. The standard InChI is InChI=1S/C22H20Cl2FNO4/c1-4-10(2)17(22(29)30)18-11(3)26(15-7-8-16(27)20(25)19(15)18)21(28)12-5-6-13(23)14(24)9-12/h5-10,17,27H,4H2,1-3H3,(H,29,30)/t10?,17-/m0/s1. The van der Waals surface area contributed by atoms with Gasteiger partial charge in [-0.3, -0.25) is 14.2 Å². The monoisotopic (exact) mass is 451 g/mol. The van der Waals surface area contributed by atoms with Crippen LogP contribution in [0.3, 0.4) is 0 Å². The molecule has 0 radical (unpaired) electrons. The van der Waals surface area contributed by atoms with E-state index in [1.54, 1.807) is 13.8 Å². The van der Waals surface area contributed by atoms with E-state index in [-0.39, 0.29) is 38.0 Å². The van der Waals surface area contributed by atoms with Gasteiger partial charge in [-0.05, 0) is 48.7 Å². The van der Waals surface area contributed by atoms with Crippen molar-refractivity contribution < 1.29 is 24.2 Å². The molecule has 0 fully saturated rings. The lowest BCUT2D eigenvalue weighted by molar-refractivity contribution is -0.140. The fourth-order valence-electron chi connectivity index (χ4n) is 3.77. The second-order valence-electron chi connectivity index (χ2n) is 7.26. The van der Waals surface area contributed by atoms with Crippen molar-refractivity contribution in [1.82, 2.24) is 4.57 Å². The molecule has 30 heavy (non-hydrogen) atoms. The van der Waals surface area contributed by atoms with Gasteiger partial charge in [-0.2, -0.15) is 0 Å². The zero-order valence-corrected chi connectivity index (χ0v) is 18.1. The number of hydrogen-bond donors (Lipinski definition) is 2. The molecule has 1 unspecified atom stereocenters. The van der Waals surface area contributed by atoms with Gasteiger partial charge in [-0.25, -0.2) is 4.39 Å². The second-order valence-corrected chi connectivity index (χ2v) is 8.08. The third-order valence-electron chi connectivity index (χ3n) is 5.49. The maximum Gasteiger partial charge on any atom is 0.311 e. The van der Waals surface area contributed by atoms with Gasteiger partial charge in [0.25, 0.3) is 5.91 Å². The number of phenols is 1. The Bertz CT molecular complexity index is 1170. The first-order chi connectivity index (χ1) is 14.1. The van der Waals surface area contributed by atoms with Gasteiger partial charge in [0.15, 0.2) is 11.6 Å². The fourth-order valence-corrected chi connectivity index (χ4v) is 4.07. The third kappa shape index (κ3) is 3.55. The average molecular weight is 452 g/mol. The summed E-state index contributed by atoms with van der Waals surface area (Å²) in [6.45, 7) is 5.16. The minimum absolute atomic E-state index is 0.0754. The first kappa shape index (κ1) is 22.1. The van der Waals surface area contributed by atoms with E-state index in [1.165, 1.54) is 28.8 Å². The Hall–Kier alpha value is -2.57. The number of nitrogens with zero attached hydrogens (tertiary/aromatic N) is 1. The predicted octanol–water partition coefficient (Wildman–Crippen LogP) is 6.00. The molecule has 1 aromatic heterocycles. The number of rotatable bonds is 5. The van der Waals surface area contributed by atoms with Crippen LogP contribution in [0.15, 0.2) is 30.3 Å². The van der Waals surface area contributed by atoms with Crippen molar-refractivity contribution in [3.63, 3.8) is 0 Å². The number of carbonyl (C=O) groups excluding carboxylic acids is 1. The van der Waals surface area contributed by atoms with Crippen molar-refractivity contribution in [2.75, 3.05) is 0 Å². The summed E-state index contributed by atoms with van der Waals surface area (Å²) >= 11 is 12.0. The molecule has 0 aliphatic rings. The first-order valence-corrected chi connectivity index (χ1v) is 10.1. The van der Waals surface area contributed by atoms with Gasteiger partial charge in [-0.1, -0.05) is 43.5 Å². The van der Waals surface area contributed by atoms with Gasteiger partial charge in [0.05, 0.1) is 21.5 Å². The molecule has 0 spiro atoms. The van der Waals surface area contributed by atoms with Crippen molar-refractivity contribution in [1.29, 1.82) is 0 Å². The van der Waals surface area contributed by atoms with Gasteiger partial charge in [0.1, 0.15) is 0 Å². The molecule has 5 nitrogen and oxygen atoms in total. The number of carboxylic acid groups (broad SMARTS) is 1. The van der Waals surface area contributed by atoms with Crippen molar-refractivity contribution in [2.24, 2.45) is 5.92 Å². The average Bonchev–Trinajstić information content (AvgIpc) is 2.98. The van der Waals surface area contributed by atoms with Crippen LogP contribution in [0.5, 0.6) is 5.75 Å². The minimum Gasteiger partial charge on any atom is -0.505 e. The van der Waals surface area contributed by atoms with E-state index in [0.717, 1.165) is 6.07 Å². The molecule has 0 saturated carbocycles. The Morgan fingerprint density at radius 3 is 2.40 bits per heavy atom. The summed E-state index contributed by atoms with van der Waals surface area (Å²) in [5, 5.41) is 20.2. The highest BCUT2D eigenvalue weighted by Crippen LogP contribution is 2.40. The molecule has 0 saturated heterocycles. The summed E-state index contributed by atoms with van der Waals surface area (Å²) < 4.78 is 16.3. The molecule has 2 atom stereocenters. The number of benzene rings is 2. The molecule has 0 amide bonds. The van der Waals surface area contributed by atoms with E-state index in [2.05, 4.69) is 0 Å². The third-order valence-corrected chi connectivity index (χ3v) is 6.23. The van der Waals surface area contributed by atoms with Crippen LogP contribution in [0.25, 0.3) is 10.9 Å². The van der Waals surface area contributed by atoms with Crippen LogP contribution in [0.1, 0.15) is 47.8 Å². The molecule has 8 heteroatoms. The quantitative estimate of drug-likeness (QED) is 0.498. The molecule has 158 valence electrons. The molecule has 0 bridgehead atoms. The molecule has 2 aromatic carbocycles. The van der Waals surface area contributed by atoms with E-state index in [4.69, 9.17) is 23.2 Å².